The molecule has 1 N–H and O–H groups in total. The molecule has 1 aliphatic rings. The lowest BCUT2D eigenvalue weighted by Crippen LogP contribution is -2.11. The Morgan fingerprint density at radius 3 is 2.53 bits per heavy atom. The molecule has 3 rings (SSSR count). The van der Waals surface area contributed by atoms with Crippen molar-refractivity contribution in [1.29, 1.82) is 0 Å². The zero-order chi connectivity index (χ0) is 27.9. The van der Waals surface area contributed by atoms with Crippen molar-refractivity contribution in [2.75, 3.05) is 5.75 Å². The van der Waals surface area contributed by atoms with Crippen LogP contribution in [0.15, 0.2) is 75.5 Å². The van der Waals surface area contributed by atoms with Crippen LogP contribution in [0.2, 0.25) is 0 Å². The first kappa shape index (κ1) is 32.1. The smallest absolute Gasteiger partial charge is 0.123 e. The van der Waals surface area contributed by atoms with E-state index in [9.17, 15) is 5.11 Å². The van der Waals surface area contributed by atoms with E-state index in [0.717, 1.165) is 47.6 Å². The van der Waals surface area contributed by atoms with Crippen LogP contribution in [0.25, 0.3) is 10.4 Å². The number of nitrogens with zero attached hydrogens (tertiary/aromatic N) is 1. The molecule has 2 heterocycles. The molecule has 0 spiro atoms. The van der Waals surface area contributed by atoms with Gasteiger partial charge < -0.3 is 9.84 Å². The van der Waals surface area contributed by atoms with Crippen LogP contribution in [0.1, 0.15) is 84.8 Å². The summed E-state index contributed by atoms with van der Waals surface area (Å²) >= 11 is 3.88. The van der Waals surface area contributed by atoms with E-state index in [1.807, 2.05) is 56.9 Å². The van der Waals surface area contributed by atoms with Gasteiger partial charge >= 0.3 is 0 Å². The fraction of sp³-hybridized carbons (Fsp3) is 0.485. The lowest BCUT2D eigenvalue weighted by atomic mass is 10.1. The molecule has 1 aromatic heterocycles. The molecule has 0 radical (unpaired) electrons. The maximum absolute atomic E-state index is 10.2. The van der Waals surface area contributed by atoms with E-state index in [0.29, 0.717) is 18.0 Å². The molecule has 1 saturated heterocycles. The summed E-state index contributed by atoms with van der Waals surface area (Å²) in [7, 11) is 0. The van der Waals surface area contributed by atoms with Gasteiger partial charge in [0.05, 0.1) is 12.2 Å². The van der Waals surface area contributed by atoms with Crippen LogP contribution < -0.4 is 0 Å². The number of unbranched alkanes of at least 4 members (excludes halogenated alkanes) is 1. The molecule has 0 saturated carbocycles. The number of thiophene rings is 1. The van der Waals surface area contributed by atoms with Gasteiger partial charge in [0.15, 0.2) is 0 Å². The zero-order valence-electron chi connectivity index (χ0n) is 24.4. The first-order chi connectivity index (χ1) is 18.3. The summed E-state index contributed by atoms with van der Waals surface area (Å²) in [6, 6.07) is 10.7. The summed E-state index contributed by atoms with van der Waals surface area (Å²) in [5.41, 5.74) is 6.94. The van der Waals surface area contributed by atoms with E-state index in [-0.39, 0.29) is 0 Å². The number of benzene rings is 1. The van der Waals surface area contributed by atoms with E-state index in [2.05, 4.69) is 67.6 Å². The number of rotatable bonds is 11. The largest absolute Gasteiger partial charge is 0.507 e. The predicted octanol–water partition coefficient (Wildman–Crippen LogP) is 10.5. The lowest BCUT2D eigenvalue weighted by Gasteiger charge is -2.11. The van der Waals surface area contributed by atoms with Crippen LogP contribution in [0, 0.1) is 6.92 Å². The molecule has 2 aromatic rings. The van der Waals surface area contributed by atoms with Crippen LogP contribution in [0.4, 0.5) is 0 Å². The molecule has 1 fully saturated rings. The van der Waals surface area contributed by atoms with Gasteiger partial charge in [0.25, 0.3) is 0 Å². The van der Waals surface area contributed by atoms with Crippen LogP contribution in [0.5, 0.6) is 0 Å². The number of ether oxygens (including phenoxy) is 1. The molecule has 0 aliphatic carbocycles. The molecule has 2 unspecified atom stereocenters. The second-order valence-electron chi connectivity index (χ2n) is 9.81. The zero-order valence-corrected chi connectivity index (χ0v) is 26.1. The SMILES string of the molecule is CC=N/C(C)=C(/C=C\CCC)C(\O)=C(/C)CC.Cc1csc(-c2ccccc2)c1CSCC1CCC(C)O1. The van der Waals surface area contributed by atoms with Gasteiger partial charge in [-0.3, -0.25) is 4.99 Å². The molecule has 3 nitrogen and oxygen atoms in total. The summed E-state index contributed by atoms with van der Waals surface area (Å²) in [6.07, 6.45) is 12.1. The van der Waals surface area contributed by atoms with Crippen LogP contribution in [-0.2, 0) is 10.5 Å². The maximum atomic E-state index is 10.2. The second kappa shape index (κ2) is 17.5. The van der Waals surface area contributed by atoms with Crippen LogP contribution in [0.3, 0.4) is 0 Å². The summed E-state index contributed by atoms with van der Waals surface area (Å²) in [6.45, 7) is 14.3. The van der Waals surface area contributed by atoms with Crippen LogP contribution >= 0.6 is 23.1 Å². The molecule has 208 valence electrons. The Morgan fingerprint density at radius 1 is 1.18 bits per heavy atom. The first-order valence-electron chi connectivity index (χ1n) is 13.9. The number of thioether (sulfide) groups is 1. The van der Waals surface area contributed by atoms with Crippen molar-refractivity contribution < 1.29 is 9.84 Å². The Kier molecular flexibility index (Phi) is 14.8. The molecule has 1 aromatic carbocycles. The normalized spacial score (nSPS) is 18.9. The molecule has 2 atom stereocenters. The number of hydrogen-bond acceptors (Lipinski definition) is 5. The number of hydrogen-bond donors (Lipinski definition) is 1. The molecule has 0 amide bonds. The molecule has 5 heteroatoms. The van der Waals surface area contributed by atoms with Gasteiger partial charge in [-0.05, 0) is 87.9 Å². The van der Waals surface area contributed by atoms with Gasteiger partial charge in [-0.25, -0.2) is 0 Å². The average Bonchev–Trinajstić information content (AvgIpc) is 3.51. The van der Waals surface area contributed by atoms with Gasteiger partial charge in [-0.15, -0.1) is 11.3 Å². The Morgan fingerprint density at radius 2 is 1.92 bits per heavy atom. The topological polar surface area (TPSA) is 41.8 Å². The Hall–Kier alpha value is -2.08. The summed E-state index contributed by atoms with van der Waals surface area (Å²) in [5, 5.41) is 12.5. The fourth-order valence-electron chi connectivity index (χ4n) is 4.18. The minimum atomic E-state index is 0.364. The Bertz CT molecular complexity index is 1100. The Labute approximate surface area is 239 Å². The number of aliphatic hydroxyl groups excluding tert-OH is 1. The predicted molar refractivity (Wildman–Crippen MR) is 171 cm³/mol. The number of aliphatic imine (C=N–C) groups is 1. The number of allylic oxidation sites excluding steroid dienone is 4. The van der Waals surface area contributed by atoms with E-state index >= 15 is 0 Å². The lowest BCUT2D eigenvalue weighted by molar-refractivity contribution is 0.0700. The van der Waals surface area contributed by atoms with Crippen molar-refractivity contribution in [3.8, 4) is 10.4 Å². The van der Waals surface area contributed by atoms with E-state index in [1.165, 1.54) is 34.4 Å². The van der Waals surface area contributed by atoms with E-state index < -0.39 is 0 Å². The van der Waals surface area contributed by atoms with Crippen molar-refractivity contribution >= 4 is 29.3 Å². The maximum Gasteiger partial charge on any atom is 0.123 e. The van der Waals surface area contributed by atoms with Crippen molar-refractivity contribution in [2.45, 2.75) is 98.5 Å². The number of aliphatic hydroxyl groups is 1. The molecular formula is C33H47NO2S2. The van der Waals surface area contributed by atoms with Crippen molar-refractivity contribution in [3.05, 3.63) is 81.6 Å². The van der Waals surface area contributed by atoms with E-state index in [1.54, 1.807) is 6.21 Å². The van der Waals surface area contributed by atoms with Gasteiger partial charge in [-0.2, -0.15) is 11.8 Å². The Balaban J connectivity index is 0.000000275. The quantitative estimate of drug-likeness (QED) is 0.171. The standard InChI is InChI=1S/C18H22OS2.C15H25NO/c1-13-10-21-18(15-6-4-3-5-7-15)17(13)12-20-11-16-9-8-14(2)19-16;1-6-9-10-11-14(13(5)16-8-3)15(17)12(4)7-2/h3-7,10,14,16H,8-9,11-12H2,1-2H3;8,10-11,17H,6-7,9H2,1-5H3/b;11-10-,14-13-,15-12-,16-8?. The first-order valence-corrected chi connectivity index (χ1v) is 16.0. The average molecular weight is 554 g/mol. The van der Waals surface area contributed by atoms with Gasteiger partial charge in [0, 0.05) is 33.9 Å². The highest BCUT2D eigenvalue weighted by molar-refractivity contribution is 7.98. The van der Waals surface area contributed by atoms with E-state index in [4.69, 9.17) is 4.74 Å². The highest BCUT2D eigenvalue weighted by atomic mass is 32.2. The summed E-state index contributed by atoms with van der Waals surface area (Å²) < 4.78 is 5.91. The van der Waals surface area contributed by atoms with Crippen molar-refractivity contribution in [3.63, 3.8) is 0 Å². The third kappa shape index (κ3) is 10.2. The van der Waals surface area contributed by atoms with Crippen molar-refractivity contribution in [1.82, 2.24) is 0 Å². The highest BCUT2D eigenvalue weighted by Gasteiger charge is 2.21. The molecule has 0 bridgehead atoms. The fourth-order valence-corrected chi connectivity index (χ4v) is 6.56. The van der Waals surface area contributed by atoms with Crippen molar-refractivity contribution in [2.24, 2.45) is 4.99 Å². The third-order valence-electron chi connectivity index (χ3n) is 6.65. The molecule has 38 heavy (non-hydrogen) atoms. The van der Waals surface area contributed by atoms with Gasteiger partial charge in [0.2, 0.25) is 0 Å². The summed E-state index contributed by atoms with van der Waals surface area (Å²) in [4.78, 5) is 5.68. The third-order valence-corrected chi connectivity index (χ3v) is 8.94. The molecule has 1 aliphatic heterocycles. The minimum absolute atomic E-state index is 0.364. The monoisotopic (exact) mass is 553 g/mol. The van der Waals surface area contributed by atoms with Crippen LogP contribution in [-0.4, -0.2) is 29.3 Å². The van der Waals surface area contributed by atoms with Gasteiger partial charge in [0.1, 0.15) is 5.76 Å². The number of aryl methyl sites for hydroxylation is 1. The van der Waals surface area contributed by atoms with Gasteiger partial charge in [-0.1, -0.05) is 62.8 Å². The molecular weight excluding hydrogens is 507 g/mol. The highest BCUT2D eigenvalue weighted by Crippen LogP contribution is 2.35. The second-order valence-corrected chi connectivity index (χ2v) is 11.7. The minimum Gasteiger partial charge on any atom is -0.507 e. The summed E-state index contributed by atoms with van der Waals surface area (Å²) in [5.74, 6) is 2.57.